The lowest BCUT2D eigenvalue weighted by Gasteiger charge is -2.14. The number of esters is 1. The van der Waals surface area contributed by atoms with E-state index in [4.69, 9.17) is 4.74 Å². The van der Waals surface area contributed by atoms with Crippen molar-refractivity contribution in [2.75, 3.05) is 26.6 Å². The minimum absolute atomic E-state index is 0.0168. The van der Waals surface area contributed by atoms with Crippen LogP contribution in [0.4, 0.5) is 0 Å². The van der Waals surface area contributed by atoms with Gasteiger partial charge < -0.3 is 9.47 Å². The number of carbonyl (C=O) groups excluding carboxylic acids is 1. The van der Waals surface area contributed by atoms with Crippen LogP contribution in [-0.2, 0) is 24.1 Å². The van der Waals surface area contributed by atoms with Crippen LogP contribution in [0.25, 0.3) is 0 Å². The summed E-state index contributed by atoms with van der Waals surface area (Å²) in [6.07, 6.45) is 2.01. The number of sulfone groups is 1. The van der Waals surface area contributed by atoms with Gasteiger partial charge in [-0.3, -0.25) is 4.79 Å². The highest BCUT2D eigenvalue weighted by Crippen LogP contribution is 2.37. The van der Waals surface area contributed by atoms with Gasteiger partial charge in [0, 0.05) is 13.7 Å². The molecule has 1 atom stereocenters. The first kappa shape index (κ1) is 13.4. The van der Waals surface area contributed by atoms with Gasteiger partial charge in [0.05, 0.1) is 12.9 Å². The predicted octanol–water partition coefficient (Wildman–Crippen LogP) is 0.389. The quantitative estimate of drug-likeness (QED) is 0.483. The lowest BCUT2D eigenvalue weighted by molar-refractivity contribution is -0.140. The number of rotatable bonds is 7. The molecule has 0 bridgehead atoms. The zero-order chi connectivity index (χ0) is 12.2. The Morgan fingerprint density at radius 1 is 1.38 bits per heavy atom. The van der Waals surface area contributed by atoms with Gasteiger partial charge in [-0.1, -0.05) is 0 Å². The number of hydrogen-bond acceptors (Lipinski definition) is 5. The van der Waals surface area contributed by atoms with Crippen molar-refractivity contribution in [1.82, 2.24) is 0 Å². The Bertz CT molecular complexity index is 331. The maximum Gasteiger partial charge on any atom is 0.324 e. The SMILES string of the molecule is COCCCS(=O)(=O)C(C(=O)OC)C1CC1. The van der Waals surface area contributed by atoms with Crippen LogP contribution in [0, 0.1) is 5.92 Å². The van der Waals surface area contributed by atoms with Gasteiger partial charge in [0.25, 0.3) is 0 Å². The molecule has 1 saturated carbocycles. The molecule has 0 spiro atoms. The van der Waals surface area contributed by atoms with Crippen molar-refractivity contribution in [2.24, 2.45) is 5.92 Å². The lowest BCUT2D eigenvalue weighted by atomic mass is 10.3. The fourth-order valence-electron chi connectivity index (χ4n) is 1.68. The molecule has 0 radical (unpaired) electrons. The molecule has 0 heterocycles. The third kappa shape index (κ3) is 3.45. The topological polar surface area (TPSA) is 69.7 Å². The van der Waals surface area contributed by atoms with Crippen LogP contribution in [0.1, 0.15) is 19.3 Å². The van der Waals surface area contributed by atoms with E-state index in [1.807, 2.05) is 0 Å². The van der Waals surface area contributed by atoms with E-state index < -0.39 is 21.1 Å². The van der Waals surface area contributed by atoms with Crippen LogP contribution in [0.3, 0.4) is 0 Å². The predicted molar refractivity (Wildman–Crippen MR) is 58.8 cm³/mol. The largest absolute Gasteiger partial charge is 0.468 e. The number of methoxy groups -OCH3 is 2. The van der Waals surface area contributed by atoms with Crippen molar-refractivity contribution < 1.29 is 22.7 Å². The smallest absolute Gasteiger partial charge is 0.324 e. The summed E-state index contributed by atoms with van der Waals surface area (Å²) in [5.74, 6) is -0.684. The Hall–Kier alpha value is -0.620. The second-order valence-corrected chi connectivity index (χ2v) is 6.24. The van der Waals surface area contributed by atoms with E-state index in [2.05, 4.69) is 4.74 Å². The highest BCUT2D eigenvalue weighted by Gasteiger charge is 2.45. The van der Waals surface area contributed by atoms with Crippen molar-refractivity contribution >= 4 is 15.8 Å². The van der Waals surface area contributed by atoms with Crippen molar-refractivity contribution in [3.05, 3.63) is 0 Å². The third-order valence-electron chi connectivity index (χ3n) is 2.65. The highest BCUT2D eigenvalue weighted by atomic mass is 32.2. The summed E-state index contributed by atoms with van der Waals surface area (Å²) in [5, 5.41) is -0.964. The molecule has 0 saturated heterocycles. The first-order valence-electron chi connectivity index (χ1n) is 5.31. The Labute approximate surface area is 96.0 Å². The minimum atomic E-state index is -3.40. The van der Waals surface area contributed by atoms with Gasteiger partial charge in [0.2, 0.25) is 0 Å². The summed E-state index contributed by atoms with van der Waals surface area (Å²) in [4.78, 5) is 11.4. The molecule has 1 rings (SSSR count). The molecule has 1 aliphatic rings. The van der Waals surface area contributed by atoms with Gasteiger partial charge >= 0.3 is 5.97 Å². The van der Waals surface area contributed by atoms with Crippen molar-refractivity contribution in [3.63, 3.8) is 0 Å². The van der Waals surface area contributed by atoms with E-state index in [0.717, 1.165) is 12.8 Å². The zero-order valence-electron chi connectivity index (χ0n) is 9.64. The summed E-state index contributed by atoms with van der Waals surface area (Å²) in [6.45, 7) is 0.387. The zero-order valence-corrected chi connectivity index (χ0v) is 10.5. The number of carbonyl (C=O) groups is 1. The van der Waals surface area contributed by atoms with Gasteiger partial charge in [-0.2, -0.15) is 0 Å². The summed E-state index contributed by atoms with van der Waals surface area (Å²) >= 11 is 0. The fourth-order valence-corrected chi connectivity index (χ4v) is 3.70. The molecule has 0 aromatic heterocycles. The van der Waals surface area contributed by atoms with E-state index in [0.29, 0.717) is 13.0 Å². The van der Waals surface area contributed by atoms with Crippen molar-refractivity contribution in [2.45, 2.75) is 24.5 Å². The maximum atomic E-state index is 11.9. The maximum absolute atomic E-state index is 11.9. The van der Waals surface area contributed by atoms with Crippen molar-refractivity contribution in [1.29, 1.82) is 0 Å². The standard InChI is InChI=1S/C10H18O5S/c1-14-6-3-7-16(12,13)9(8-4-5-8)10(11)15-2/h8-9H,3-7H2,1-2H3. The fraction of sp³-hybridized carbons (Fsp3) is 0.900. The summed E-state index contributed by atoms with van der Waals surface area (Å²) in [5.41, 5.74) is 0. The molecule has 5 nitrogen and oxygen atoms in total. The van der Waals surface area contributed by atoms with Crippen LogP contribution in [0.15, 0.2) is 0 Å². The molecule has 6 heteroatoms. The van der Waals surface area contributed by atoms with E-state index in [1.165, 1.54) is 14.2 Å². The second-order valence-electron chi connectivity index (χ2n) is 3.99. The van der Waals surface area contributed by atoms with Gasteiger partial charge in [-0.05, 0) is 25.2 Å². The van der Waals surface area contributed by atoms with Gasteiger partial charge in [0.1, 0.15) is 0 Å². The monoisotopic (exact) mass is 250 g/mol. The molecular weight excluding hydrogens is 232 g/mol. The molecule has 1 aliphatic carbocycles. The van der Waals surface area contributed by atoms with Gasteiger partial charge in [-0.25, -0.2) is 8.42 Å². The molecule has 0 N–H and O–H groups in total. The number of ether oxygens (including phenoxy) is 2. The summed E-state index contributed by atoms with van der Waals surface area (Å²) < 4.78 is 33.2. The van der Waals surface area contributed by atoms with E-state index >= 15 is 0 Å². The minimum Gasteiger partial charge on any atom is -0.468 e. The van der Waals surface area contributed by atoms with Gasteiger partial charge in [-0.15, -0.1) is 0 Å². The Morgan fingerprint density at radius 2 is 2.00 bits per heavy atom. The van der Waals surface area contributed by atoms with Crippen LogP contribution < -0.4 is 0 Å². The van der Waals surface area contributed by atoms with Crippen LogP contribution in [0.5, 0.6) is 0 Å². The average molecular weight is 250 g/mol. The van der Waals surface area contributed by atoms with Crippen LogP contribution >= 0.6 is 0 Å². The van der Waals surface area contributed by atoms with E-state index in [-0.39, 0.29) is 11.7 Å². The molecule has 0 aromatic carbocycles. The van der Waals surface area contributed by atoms with E-state index in [1.54, 1.807) is 0 Å². The average Bonchev–Trinajstić information content (AvgIpc) is 3.01. The second kappa shape index (κ2) is 5.63. The highest BCUT2D eigenvalue weighted by molar-refractivity contribution is 7.92. The normalized spacial score (nSPS) is 18.1. The van der Waals surface area contributed by atoms with E-state index in [9.17, 15) is 13.2 Å². The Balaban J connectivity index is 2.65. The first-order chi connectivity index (χ1) is 7.53. The Kier molecular flexibility index (Phi) is 4.73. The molecule has 94 valence electrons. The molecule has 1 unspecified atom stereocenters. The first-order valence-corrected chi connectivity index (χ1v) is 7.03. The Morgan fingerprint density at radius 3 is 2.44 bits per heavy atom. The molecular formula is C10H18O5S. The summed E-state index contributed by atoms with van der Waals surface area (Å²) in [7, 11) is -0.654. The lowest BCUT2D eigenvalue weighted by Crippen LogP contribution is -2.35. The molecule has 0 amide bonds. The van der Waals surface area contributed by atoms with Gasteiger partial charge in [0.15, 0.2) is 15.1 Å². The third-order valence-corrected chi connectivity index (χ3v) is 4.86. The van der Waals surface area contributed by atoms with Crippen LogP contribution in [-0.4, -0.2) is 46.2 Å². The molecule has 16 heavy (non-hydrogen) atoms. The van der Waals surface area contributed by atoms with Crippen LogP contribution in [0.2, 0.25) is 0 Å². The molecule has 0 aromatic rings. The summed E-state index contributed by atoms with van der Waals surface area (Å²) in [6, 6.07) is 0. The number of hydrogen-bond donors (Lipinski definition) is 0. The molecule has 0 aliphatic heterocycles. The van der Waals surface area contributed by atoms with Crippen molar-refractivity contribution in [3.8, 4) is 0 Å². The molecule has 1 fully saturated rings.